The standard InChI is InChI=1S/C18H23BrN2O5/c1-5-6-7-26-16-12(19)8-11(9-13(16)24-3)15-14(17(22)25-4)10(2)20-18(23)21-15/h8-9,15H,5-7H2,1-4H3,(H2,20,21,23)/t15-/m0/s1. The van der Waals surface area contributed by atoms with E-state index in [0.29, 0.717) is 39.4 Å². The van der Waals surface area contributed by atoms with Crippen LogP contribution in [0.2, 0.25) is 0 Å². The van der Waals surface area contributed by atoms with Crippen LogP contribution in [-0.4, -0.2) is 32.8 Å². The van der Waals surface area contributed by atoms with Crippen LogP contribution in [0.15, 0.2) is 27.9 Å². The number of benzene rings is 1. The molecular formula is C18H23BrN2O5. The number of ether oxygens (including phenoxy) is 3. The zero-order chi connectivity index (χ0) is 19.3. The molecule has 142 valence electrons. The Bertz CT molecular complexity index is 733. The monoisotopic (exact) mass is 426 g/mol. The van der Waals surface area contributed by atoms with Gasteiger partial charge in [0.1, 0.15) is 0 Å². The lowest BCUT2D eigenvalue weighted by atomic mass is 9.95. The van der Waals surface area contributed by atoms with Crippen LogP contribution in [-0.2, 0) is 9.53 Å². The Kier molecular flexibility index (Phi) is 6.90. The van der Waals surface area contributed by atoms with Gasteiger partial charge in [0.2, 0.25) is 0 Å². The van der Waals surface area contributed by atoms with Crippen LogP contribution >= 0.6 is 15.9 Å². The van der Waals surface area contributed by atoms with E-state index in [4.69, 9.17) is 14.2 Å². The maximum Gasteiger partial charge on any atom is 0.337 e. The van der Waals surface area contributed by atoms with Crippen molar-refractivity contribution in [3.8, 4) is 11.5 Å². The molecule has 0 saturated heterocycles. The number of hydrogen-bond donors (Lipinski definition) is 2. The Labute approximate surface area is 161 Å². The van der Waals surface area contributed by atoms with Crippen LogP contribution in [0.3, 0.4) is 0 Å². The highest BCUT2D eigenvalue weighted by Crippen LogP contribution is 2.40. The van der Waals surface area contributed by atoms with Crippen LogP contribution in [0.4, 0.5) is 4.79 Å². The first kappa shape index (κ1) is 20.1. The summed E-state index contributed by atoms with van der Waals surface area (Å²) in [6.45, 7) is 4.31. The Morgan fingerprint density at radius 2 is 2.04 bits per heavy atom. The number of carbonyl (C=O) groups excluding carboxylic acids is 2. The van der Waals surface area contributed by atoms with Gasteiger partial charge < -0.3 is 24.8 Å². The number of rotatable bonds is 7. The minimum Gasteiger partial charge on any atom is -0.493 e. The minimum atomic E-state index is -0.661. The molecular weight excluding hydrogens is 404 g/mol. The third-order valence-corrected chi connectivity index (χ3v) is 4.59. The summed E-state index contributed by atoms with van der Waals surface area (Å²) in [5, 5.41) is 5.35. The van der Waals surface area contributed by atoms with Gasteiger partial charge in [-0.1, -0.05) is 13.3 Å². The number of amides is 2. The Morgan fingerprint density at radius 3 is 2.65 bits per heavy atom. The molecule has 0 spiro atoms. The summed E-state index contributed by atoms with van der Waals surface area (Å²) in [6, 6.07) is 2.50. The van der Waals surface area contributed by atoms with Crippen LogP contribution in [0.25, 0.3) is 0 Å². The summed E-state index contributed by atoms with van der Waals surface area (Å²) < 4.78 is 16.8. The van der Waals surface area contributed by atoms with Gasteiger partial charge in [0.25, 0.3) is 0 Å². The van der Waals surface area contributed by atoms with E-state index in [0.717, 1.165) is 12.8 Å². The molecule has 0 aromatic heterocycles. The molecule has 1 aliphatic rings. The molecule has 1 aromatic carbocycles. The van der Waals surface area contributed by atoms with Gasteiger partial charge in [0.05, 0.1) is 36.9 Å². The highest BCUT2D eigenvalue weighted by Gasteiger charge is 2.32. The van der Waals surface area contributed by atoms with E-state index < -0.39 is 18.0 Å². The lowest BCUT2D eigenvalue weighted by molar-refractivity contribution is -0.136. The maximum atomic E-state index is 12.2. The van der Waals surface area contributed by atoms with Crippen molar-refractivity contribution < 1.29 is 23.8 Å². The highest BCUT2D eigenvalue weighted by molar-refractivity contribution is 9.10. The molecule has 0 radical (unpaired) electrons. The van der Waals surface area contributed by atoms with Gasteiger partial charge in [-0.05, 0) is 47.0 Å². The van der Waals surface area contributed by atoms with Crippen molar-refractivity contribution in [1.29, 1.82) is 0 Å². The summed E-state index contributed by atoms with van der Waals surface area (Å²) in [5.74, 6) is 0.587. The molecule has 0 fully saturated rings. The number of carbonyl (C=O) groups is 2. The minimum absolute atomic E-state index is 0.334. The average Bonchev–Trinajstić information content (AvgIpc) is 2.61. The molecule has 7 nitrogen and oxygen atoms in total. The summed E-state index contributed by atoms with van der Waals surface area (Å²) in [6.07, 6.45) is 1.95. The number of methoxy groups -OCH3 is 2. The first-order valence-corrected chi connectivity index (χ1v) is 9.09. The fourth-order valence-electron chi connectivity index (χ4n) is 2.69. The Morgan fingerprint density at radius 1 is 1.31 bits per heavy atom. The van der Waals surface area contributed by atoms with Crippen molar-refractivity contribution >= 4 is 27.9 Å². The SMILES string of the molecule is CCCCOc1c(Br)cc([C@@H]2NC(=O)NC(C)=C2C(=O)OC)cc1OC. The van der Waals surface area contributed by atoms with Gasteiger partial charge in [-0.2, -0.15) is 0 Å². The molecule has 2 N–H and O–H groups in total. The third-order valence-electron chi connectivity index (χ3n) is 4.00. The molecule has 1 heterocycles. The summed E-state index contributed by atoms with van der Waals surface area (Å²) in [5.41, 5.74) is 1.45. The summed E-state index contributed by atoms with van der Waals surface area (Å²) in [7, 11) is 2.85. The van der Waals surface area contributed by atoms with E-state index in [1.165, 1.54) is 7.11 Å². The first-order valence-electron chi connectivity index (χ1n) is 8.29. The molecule has 1 aromatic rings. The molecule has 8 heteroatoms. The predicted molar refractivity (Wildman–Crippen MR) is 100 cm³/mol. The number of halogens is 1. The number of hydrogen-bond acceptors (Lipinski definition) is 5. The van der Waals surface area contributed by atoms with Gasteiger partial charge in [-0.25, -0.2) is 9.59 Å². The van der Waals surface area contributed by atoms with E-state index in [-0.39, 0.29) is 0 Å². The van der Waals surface area contributed by atoms with Gasteiger partial charge in [0, 0.05) is 5.70 Å². The van der Waals surface area contributed by atoms with Gasteiger partial charge in [0.15, 0.2) is 11.5 Å². The largest absolute Gasteiger partial charge is 0.493 e. The molecule has 1 atom stereocenters. The molecule has 2 amide bonds. The van der Waals surface area contributed by atoms with Crippen molar-refractivity contribution in [3.05, 3.63) is 33.4 Å². The molecule has 0 saturated carbocycles. The van der Waals surface area contributed by atoms with Crippen LogP contribution in [0.1, 0.15) is 38.3 Å². The number of allylic oxidation sites excluding steroid dienone is 1. The van der Waals surface area contributed by atoms with Crippen molar-refractivity contribution in [3.63, 3.8) is 0 Å². The Hall–Kier alpha value is -2.22. The number of urea groups is 1. The summed E-state index contributed by atoms with van der Waals surface area (Å²) in [4.78, 5) is 24.1. The van der Waals surface area contributed by atoms with Gasteiger partial charge in [-0.15, -0.1) is 0 Å². The molecule has 0 unspecified atom stereocenters. The topological polar surface area (TPSA) is 85.9 Å². The van der Waals surface area contributed by atoms with Gasteiger partial charge >= 0.3 is 12.0 Å². The van der Waals surface area contributed by atoms with E-state index in [1.54, 1.807) is 26.2 Å². The van der Waals surface area contributed by atoms with Crippen molar-refractivity contribution in [1.82, 2.24) is 10.6 Å². The van der Waals surface area contributed by atoms with E-state index in [1.807, 2.05) is 0 Å². The lowest BCUT2D eigenvalue weighted by Gasteiger charge is -2.28. The fraction of sp³-hybridized carbons (Fsp3) is 0.444. The first-order chi connectivity index (χ1) is 12.4. The van der Waals surface area contributed by atoms with Crippen LogP contribution in [0.5, 0.6) is 11.5 Å². The predicted octanol–water partition coefficient (Wildman–Crippen LogP) is 3.44. The number of nitrogens with one attached hydrogen (secondary N) is 2. The normalized spacial score (nSPS) is 16.7. The molecule has 1 aliphatic heterocycles. The number of unbranched alkanes of at least 4 members (excludes halogenated alkanes) is 1. The van der Waals surface area contributed by atoms with Crippen LogP contribution < -0.4 is 20.1 Å². The summed E-state index contributed by atoms with van der Waals surface area (Å²) >= 11 is 3.50. The smallest absolute Gasteiger partial charge is 0.337 e. The maximum absolute atomic E-state index is 12.2. The molecule has 2 rings (SSSR count). The van der Waals surface area contributed by atoms with Crippen molar-refractivity contribution in [2.45, 2.75) is 32.7 Å². The third kappa shape index (κ3) is 4.30. The second kappa shape index (κ2) is 8.93. The second-order valence-corrected chi connectivity index (χ2v) is 6.65. The van der Waals surface area contributed by atoms with Gasteiger partial charge in [-0.3, -0.25) is 0 Å². The molecule has 0 aliphatic carbocycles. The average molecular weight is 427 g/mol. The Balaban J connectivity index is 2.46. The second-order valence-electron chi connectivity index (χ2n) is 5.80. The quantitative estimate of drug-likeness (QED) is 0.515. The lowest BCUT2D eigenvalue weighted by Crippen LogP contribution is -2.45. The zero-order valence-electron chi connectivity index (χ0n) is 15.3. The molecule has 26 heavy (non-hydrogen) atoms. The number of esters is 1. The van der Waals surface area contributed by atoms with Crippen molar-refractivity contribution in [2.24, 2.45) is 0 Å². The van der Waals surface area contributed by atoms with E-state index in [2.05, 4.69) is 33.5 Å². The van der Waals surface area contributed by atoms with E-state index in [9.17, 15) is 9.59 Å². The fourth-order valence-corrected chi connectivity index (χ4v) is 3.26. The zero-order valence-corrected chi connectivity index (χ0v) is 16.9. The van der Waals surface area contributed by atoms with E-state index >= 15 is 0 Å². The van der Waals surface area contributed by atoms with Crippen molar-refractivity contribution in [2.75, 3.05) is 20.8 Å². The highest BCUT2D eigenvalue weighted by atomic mass is 79.9. The van der Waals surface area contributed by atoms with Crippen LogP contribution in [0, 0.1) is 0 Å². The molecule has 0 bridgehead atoms.